The average molecular weight is 267 g/mol. The van der Waals surface area contributed by atoms with Crippen molar-refractivity contribution in [3.63, 3.8) is 0 Å². The number of anilines is 2. The molecule has 0 spiro atoms. The van der Waals surface area contributed by atoms with Crippen LogP contribution in [0, 0.1) is 0 Å². The van der Waals surface area contributed by atoms with Crippen LogP contribution in [0.4, 0.5) is 11.9 Å². The standard InChI is InChI=1S/C12H21N5O2/c1-12(2)7-8(5-6-19-12)14-10-15-9(13-3)16-11(17-10)18-4/h8H,5-7H2,1-4H3,(H2,13,14,15,16,17). The molecule has 1 atom stereocenters. The summed E-state index contributed by atoms with van der Waals surface area (Å²) >= 11 is 0. The highest BCUT2D eigenvalue weighted by atomic mass is 16.5. The predicted molar refractivity (Wildman–Crippen MR) is 72.6 cm³/mol. The van der Waals surface area contributed by atoms with E-state index in [9.17, 15) is 0 Å². The highest BCUT2D eigenvalue weighted by Crippen LogP contribution is 2.26. The quantitative estimate of drug-likeness (QED) is 0.850. The number of rotatable bonds is 4. The number of hydrogen-bond acceptors (Lipinski definition) is 7. The second kappa shape index (κ2) is 5.56. The maximum absolute atomic E-state index is 5.69. The van der Waals surface area contributed by atoms with Crippen molar-refractivity contribution in [2.75, 3.05) is 31.4 Å². The first-order valence-electron chi connectivity index (χ1n) is 6.41. The van der Waals surface area contributed by atoms with Crippen LogP contribution in [0.2, 0.25) is 0 Å². The third-order valence-corrected chi connectivity index (χ3v) is 3.05. The minimum atomic E-state index is -0.112. The summed E-state index contributed by atoms with van der Waals surface area (Å²) in [4.78, 5) is 12.6. The van der Waals surface area contributed by atoms with Crippen molar-refractivity contribution < 1.29 is 9.47 Å². The first-order valence-corrected chi connectivity index (χ1v) is 6.41. The van der Waals surface area contributed by atoms with Gasteiger partial charge in [0, 0.05) is 19.7 Å². The summed E-state index contributed by atoms with van der Waals surface area (Å²) in [5.41, 5.74) is -0.112. The molecule has 7 nitrogen and oxygen atoms in total. The third kappa shape index (κ3) is 3.66. The lowest BCUT2D eigenvalue weighted by Crippen LogP contribution is -2.40. The van der Waals surface area contributed by atoms with E-state index in [1.807, 2.05) is 0 Å². The normalized spacial score (nSPS) is 21.8. The molecule has 1 aromatic rings. The van der Waals surface area contributed by atoms with Gasteiger partial charge in [-0.05, 0) is 26.7 Å². The largest absolute Gasteiger partial charge is 0.467 e. The number of aromatic nitrogens is 3. The summed E-state index contributed by atoms with van der Waals surface area (Å²) in [6.07, 6.45) is 1.85. The van der Waals surface area contributed by atoms with Crippen LogP contribution < -0.4 is 15.4 Å². The zero-order valence-corrected chi connectivity index (χ0v) is 11.9. The first-order chi connectivity index (χ1) is 9.02. The molecule has 1 fully saturated rings. The maximum atomic E-state index is 5.69. The average Bonchev–Trinajstić information content (AvgIpc) is 2.37. The van der Waals surface area contributed by atoms with Crippen molar-refractivity contribution in [3.8, 4) is 6.01 Å². The molecule has 1 aromatic heterocycles. The lowest BCUT2D eigenvalue weighted by atomic mass is 9.94. The highest BCUT2D eigenvalue weighted by molar-refractivity contribution is 5.36. The van der Waals surface area contributed by atoms with Gasteiger partial charge in [-0.15, -0.1) is 0 Å². The smallest absolute Gasteiger partial charge is 0.322 e. The Balaban J connectivity index is 2.09. The van der Waals surface area contributed by atoms with Crippen molar-refractivity contribution >= 4 is 11.9 Å². The van der Waals surface area contributed by atoms with Crippen molar-refractivity contribution in [1.82, 2.24) is 15.0 Å². The SMILES string of the molecule is CNc1nc(NC2CCOC(C)(C)C2)nc(OC)n1. The van der Waals surface area contributed by atoms with Crippen molar-refractivity contribution in [2.24, 2.45) is 0 Å². The van der Waals surface area contributed by atoms with E-state index in [1.165, 1.54) is 7.11 Å². The Labute approximate surface area is 113 Å². The fourth-order valence-corrected chi connectivity index (χ4v) is 2.16. The van der Waals surface area contributed by atoms with Crippen molar-refractivity contribution in [1.29, 1.82) is 0 Å². The predicted octanol–water partition coefficient (Wildman–Crippen LogP) is 1.29. The summed E-state index contributed by atoms with van der Waals surface area (Å²) in [5, 5.41) is 6.21. The highest BCUT2D eigenvalue weighted by Gasteiger charge is 2.29. The first kappa shape index (κ1) is 13.8. The Morgan fingerprint density at radius 1 is 1.26 bits per heavy atom. The molecule has 7 heteroatoms. The van der Waals surface area contributed by atoms with E-state index >= 15 is 0 Å². The third-order valence-electron chi connectivity index (χ3n) is 3.05. The number of methoxy groups -OCH3 is 1. The summed E-state index contributed by atoms with van der Waals surface area (Å²) in [5.74, 6) is 1.01. The molecule has 0 saturated carbocycles. The van der Waals surface area contributed by atoms with Gasteiger partial charge in [0.25, 0.3) is 0 Å². The molecule has 0 amide bonds. The van der Waals surface area contributed by atoms with Crippen LogP contribution in [0.15, 0.2) is 0 Å². The van der Waals surface area contributed by atoms with Crippen LogP contribution in [-0.4, -0.2) is 47.4 Å². The van der Waals surface area contributed by atoms with E-state index in [0.29, 0.717) is 23.9 Å². The van der Waals surface area contributed by atoms with Crippen LogP contribution in [-0.2, 0) is 4.74 Å². The summed E-state index contributed by atoms with van der Waals surface area (Å²) < 4.78 is 10.8. The molecule has 1 aliphatic rings. The molecule has 0 aromatic carbocycles. The van der Waals surface area contributed by atoms with Crippen LogP contribution in [0.1, 0.15) is 26.7 Å². The minimum Gasteiger partial charge on any atom is -0.467 e. The number of ether oxygens (including phenoxy) is 2. The molecule has 0 bridgehead atoms. The Hall–Kier alpha value is -1.63. The van der Waals surface area contributed by atoms with Crippen molar-refractivity contribution in [3.05, 3.63) is 0 Å². The zero-order valence-electron chi connectivity index (χ0n) is 11.9. The molecule has 0 radical (unpaired) electrons. The molecule has 2 heterocycles. The van der Waals surface area contributed by atoms with Crippen LogP contribution in [0.25, 0.3) is 0 Å². The van der Waals surface area contributed by atoms with Gasteiger partial charge in [0.15, 0.2) is 0 Å². The Kier molecular flexibility index (Phi) is 4.04. The molecular formula is C12H21N5O2. The number of hydrogen-bond donors (Lipinski definition) is 2. The van der Waals surface area contributed by atoms with Gasteiger partial charge in [0.2, 0.25) is 11.9 Å². The van der Waals surface area contributed by atoms with Crippen LogP contribution in [0.5, 0.6) is 6.01 Å². The lowest BCUT2D eigenvalue weighted by Gasteiger charge is -2.35. The maximum Gasteiger partial charge on any atom is 0.322 e. The van der Waals surface area contributed by atoms with Gasteiger partial charge in [-0.2, -0.15) is 15.0 Å². The molecule has 0 aliphatic carbocycles. The van der Waals surface area contributed by atoms with Gasteiger partial charge >= 0.3 is 6.01 Å². The molecule has 1 unspecified atom stereocenters. The topological polar surface area (TPSA) is 81.2 Å². The lowest BCUT2D eigenvalue weighted by molar-refractivity contribution is -0.0554. The van der Waals surface area contributed by atoms with Gasteiger partial charge in [0.05, 0.1) is 12.7 Å². The fraction of sp³-hybridized carbons (Fsp3) is 0.750. The minimum absolute atomic E-state index is 0.112. The van der Waals surface area contributed by atoms with Gasteiger partial charge in [-0.1, -0.05) is 0 Å². The van der Waals surface area contributed by atoms with E-state index in [1.54, 1.807) is 7.05 Å². The van der Waals surface area contributed by atoms with Crippen LogP contribution >= 0.6 is 0 Å². The fourth-order valence-electron chi connectivity index (χ4n) is 2.16. The van der Waals surface area contributed by atoms with E-state index in [0.717, 1.165) is 19.4 Å². The summed E-state index contributed by atoms with van der Waals surface area (Å²) in [6.45, 7) is 4.92. The molecule has 2 rings (SSSR count). The molecule has 1 aliphatic heterocycles. The van der Waals surface area contributed by atoms with Gasteiger partial charge in [0.1, 0.15) is 0 Å². The van der Waals surface area contributed by atoms with Crippen LogP contribution in [0.3, 0.4) is 0 Å². The zero-order chi connectivity index (χ0) is 13.9. The van der Waals surface area contributed by atoms with Crippen molar-refractivity contribution in [2.45, 2.75) is 38.3 Å². The molecule has 19 heavy (non-hydrogen) atoms. The van der Waals surface area contributed by atoms with E-state index in [-0.39, 0.29) is 5.60 Å². The van der Waals surface area contributed by atoms with Gasteiger partial charge in [-0.25, -0.2) is 0 Å². The van der Waals surface area contributed by atoms with E-state index in [2.05, 4.69) is 39.4 Å². The van der Waals surface area contributed by atoms with E-state index < -0.39 is 0 Å². The second-order valence-corrected chi connectivity index (χ2v) is 5.16. The monoisotopic (exact) mass is 267 g/mol. The Morgan fingerprint density at radius 2 is 2.00 bits per heavy atom. The Bertz CT molecular complexity index is 416. The summed E-state index contributed by atoms with van der Waals surface area (Å²) in [7, 11) is 3.30. The van der Waals surface area contributed by atoms with Gasteiger partial charge in [-0.3, -0.25) is 0 Å². The number of nitrogens with zero attached hydrogens (tertiary/aromatic N) is 3. The second-order valence-electron chi connectivity index (χ2n) is 5.16. The molecular weight excluding hydrogens is 246 g/mol. The molecule has 1 saturated heterocycles. The Morgan fingerprint density at radius 3 is 2.63 bits per heavy atom. The molecule has 106 valence electrons. The number of nitrogens with one attached hydrogen (secondary N) is 2. The molecule has 2 N–H and O–H groups in total. The van der Waals surface area contributed by atoms with E-state index in [4.69, 9.17) is 9.47 Å². The summed E-state index contributed by atoms with van der Waals surface area (Å²) in [6, 6.07) is 0.591. The van der Waals surface area contributed by atoms with Gasteiger partial charge < -0.3 is 20.1 Å².